The largest absolute Gasteiger partial charge is 0.457 e. The van der Waals surface area contributed by atoms with E-state index >= 15 is 0 Å². The lowest BCUT2D eigenvalue weighted by atomic mass is 10.2. The minimum atomic E-state index is 0.307. The number of halogens is 2. The number of thioether (sulfide) groups is 1. The van der Waals surface area contributed by atoms with E-state index in [1.54, 1.807) is 30.0 Å². The number of ether oxygens (including phenoxy) is 1. The second-order valence-corrected chi connectivity index (χ2v) is 6.66. The molecule has 0 saturated carbocycles. The summed E-state index contributed by atoms with van der Waals surface area (Å²) >= 11 is 18.7. The average Bonchev–Trinajstić information content (AvgIpc) is 2.43. The van der Waals surface area contributed by atoms with Gasteiger partial charge in [0.25, 0.3) is 0 Å². The second kappa shape index (κ2) is 7.36. The van der Waals surface area contributed by atoms with E-state index in [0.29, 0.717) is 26.5 Å². The van der Waals surface area contributed by atoms with Gasteiger partial charge in [-0.2, -0.15) is 0 Å². The molecule has 0 aliphatic rings. The van der Waals surface area contributed by atoms with Gasteiger partial charge in [-0.1, -0.05) is 48.4 Å². The zero-order valence-electron chi connectivity index (χ0n) is 11.2. The van der Waals surface area contributed by atoms with Crippen LogP contribution >= 0.6 is 47.2 Å². The van der Waals surface area contributed by atoms with E-state index in [1.165, 1.54) is 0 Å². The molecule has 0 aliphatic carbocycles. The molecule has 2 N–H and O–H groups in total. The fourth-order valence-corrected chi connectivity index (χ4v) is 3.19. The fraction of sp³-hybridized carbons (Fsp3) is 0.133. The van der Waals surface area contributed by atoms with Crippen LogP contribution in [0, 0.1) is 0 Å². The van der Waals surface area contributed by atoms with Gasteiger partial charge in [0.1, 0.15) is 16.5 Å². The van der Waals surface area contributed by atoms with Gasteiger partial charge in [-0.25, -0.2) is 0 Å². The van der Waals surface area contributed by atoms with Crippen molar-refractivity contribution in [2.45, 2.75) is 11.8 Å². The van der Waals surface area contributed by atoms with Crippen molar-refractivity contribution in [3.8, 4) is 11.5 Å². The minimum absolute atomic E-state index is 0.307. The molecule has 0 atom stereocenters. The Kier molecular flexibility index (Phi) is 5.76. The van der Waals surface area contributed by atoms with Crippen molar-refractivity contribution in [1.82, 2.24) is 0 Å². The highest BCUT2D eigenvalue weighted by Gasteiger charge is 2.13. The number of thiocarbonyl (C=S) groups is 1. The van der Waals surface area contributed by atoms with Crippen molar-refractivity contribution in [3.05, 3.63) is 52.0 Å². The summed E-state index contributed by atoms with van der Waals surface area (Å²) in [6.45, 7) is 2.07. The van der Waals surface area contributed by atoms with E-state index < -0.39 is 0 Å². The summed E-state index contributed by atoms with van der Waals surface area (Å²) in [6.07, 6.45) is 0. The lowest BCUT2D eigenvalue weighted by Crippen LogP contribution is -2.12. The molecule has 0 aliphatic heterocycles. The van der Waals surface area contributed by atoms with Crippen LogP contribution in [0.25, 0.3) is 0 Å². The SMILES string of the molecule is CCSc1cccc(Oc2ccc(Cl)c(Cl)c2)c1C(N)=S. The first-order valence-electron chi connectivity index (χ1n) is 6.21. The summed E-state index contributed by atoms with van der Waals surface area (Å²) in [5, 5.41) is 0.916. The van der Waals surface area contributed by atoms with Crippen LogP contribution in [0.3, 0.4) is 0 Å². The molecule has 21 heavy (non-hydrogen) atoms. The fourth-order valence-electron chi connectivity index (χ4n) is 1.78. The monoisotopic (exact) mass is 357 g/mol. The van der Waals surface area contributed by atoms with Crippen LogP contribution in [-0.4, -0.2) is 10.7 Å². The molecule has 0 spiro atoms. The smallest absolute Gasteiger partial charge is 0.138 e. The zero-order chi connectivity index (χ0) is 15.4. The van der Waals surface area contributed by atoms with E-state index in [2.05, 4.69) is 6.92 Å². The number of hydrogen-bond acceptors (Lipinski definition) is 3. The Hall–Kier alpha value is -0.940. The Balaban J connectivity index is 2.41. The molecule has 2 aromatic carbocycles. The highest BCUT2D eigenvalue weighted by Crippen LogP contribution is 2.34. The van der Waals surface area contributed by atoms with Crippen LogP contribution in [0.4, 0.5) is 0 Å². The van der Waals surface area contributed by atoms with Crippen LogP contribution in [0.5, 0.6) is 11.5 Å². The summed E-state index contributed by atoms with van der Waals surface area (Å²) < 4.78 is 5.87. The van der Waals surface area contributed by atoms with Crippen molar-refractivity contribution in [2.75, 3.05) is 5.75 Å². The Morgan fingerprint density at radius 1 is 1.24 bits per heavy atom. The third-order valence-electron chi connectivity index (χ3n) is 2.65. The second-order valence-electron chi connectivity index (χ2n) is 4.10. The maximum Gasteiger partial charge on any atom is 0.138 e. The molecule has 2 rings (SSSR count). The summed E-state index contributed by atoms with van der Waals surface area (Å²) in [5.41, 5.74) is 6.59. The van der Waals surface area contributed by atoms with Crippen molar-refractivity contribution in [2.24, 2.45) is 5.73 Å². The van der Waals surface area contributed by atoms with Crippen molar-refractivity contribution in [3.63, 3.8) is 0 Å². The maximum atomic E-state index is 6.00. The first kappa shape index (κ1) is 16.4. The molecule has 0 saturated heterocycles. The van der Waals surface area contributed by atoms with Gasteiger partial charge in [-0.15, -0.1) is 11.8 Å². The molecular weight excluding hydrogens is 345 g/mol. The molecule has 0 unspecified atom stereocenters. The van der Waals surface area contributed by atoms with Crippen LogP contribution in [0.2, 0.25) is 10.0 Å². The Morgan fingerprint density at radius 3 is 2.62 bits per heavy atom. The van der Waals surface area contributed by atoms with Gasteiger partial charge in [0.15, 0.2) is 0 Å². The van der Waals surface area contributed by atoms with Crippen molar-refractivity contribution < 1.29 is 4.74 Å². The van der Waals surface area contributed by atoms with Crippen LogP contribution in [-0.2, 0) is 0 Å². The molecule has 0 bridgehead atoms. The van der Waals surface area contributed by atoms with E-state index in [1.807, 2.05) is 18.2 Å². The standard InChI is InChI=1S/C15H13Cl2NOS2/c1-2-21-13-5-3-4-12(14(13)15(18)20)19-9-6-7-10(16)11(17)8-9/h3-8H,2H2,1H3,(H2,18,20). The summed E-state index contributed by atoms with van der Waals surface area (Å²) in [6, 6.07) is 10.8. The first-order chi connectivity index (χ1) is 10.0. The van der Waals surface area contributed by atoms with E-state index in [0.717, 1.165) is 16.2 Å². The molecule has 2 aromatic rings. The molecular formula is C15H13Cl2NOS2. The van der Waals surface area contributed by atoms with Gasteiger partial charge >= 0.3 is 0 Å². The highest BCUT2D eigenvalue weighted by molar-refractivity contribution is 7.99. The van der Waals surface area contributed by atoms with Gasteiger partial charge in [0, 0.05) is 11.0 Å². The third-order valence-corrected chi connectivity index (χ3v) is 4.54. The minimum Gasteiger partial charge on any atom is -0.457 e. The first-order valence-corrected chi connectivity index (χ1v) is 8.36. The normalized spacial score (nSPS) is 10.4. The number of benzene rings is 2. The molecule has 110 valence electrons. The summed E-state index contributed by atoms with van der Waals surface area (Å²) in [4.78, 5) is 1.31. The molecule has 0 aromatic heterocycles. The van der Waals surface area contributed by atoms with Gasteiger partial charge in [0.05, 0.1) is 15.6 Å². The lowest BCUT2D eigenvalue weighted by Gasteiger charge is -2.14. The van der Waals surface area contributed by atoms with Crippen molar-refractivity contribution in [1.29, 1.82) is 0 Å². The van der Waals surface area contributed by atoms with Crippen LogP contribution < -0.4 is 10.5 Å². The Morgan fingerprint density at radius 2 is 2.00 bits per heavy atom. The van der Waals surface area contributed by atoms with E-state index in [4.69, 9.17) is 45.9 Å². The number of rotatable bonds is 5. The molecule has 0 fully saturated rings. The Bertz CT molecular complexity index is 677. The lowest BCUT2D eigenvalue weighted by molar-refractivity contribution is 0.480. The number of nitrogens with two attached hydrogens (primary N) is 1. The van der Waals surface area contributed by atoms with Gasteiger partial charge < -0.3 is 10.5 Å². The number of hydrogen-bond donors (Lipinski definition) is 1. The van der Waals surface area contributed by atoms with Gasteiger partial charge in [-0.3, -0.25) is 0 Å². The molecule has 0 amide bonds. The van der Waals surface area contributed by atoms with Gasteiger partial charge in [-0.05, 0) is 30.0 Å². The molecule has 2 nitrogen and oxygen atoms in total. The summed E-state index contributed by atoms with van der Waals surface area (Å²) in [5.74, 6) is 2.12. The van der Waals surface area contributed by atoms with E-state index in [9.17, 15) is 0 Å². The van der Waals surface area contributed by atoms with Crippen molar-refractivity contribution >= 4 is 52.2 Å². The highest BCUT2D eigenvalue weighted by atomic mass is 35.5. The molecule has 0 radical (unpaired) electrons. The predicted molar refractivity (Wildman–Crippen MR) is 95.3 cm³/mol. The summed E-state index contributed by atoms with van der Waals surface area (Å²) in [7, 11) is 0. The maximum absolute atomic E-state index is 6.00. The molecule has 0 heterocycles. The quantitative estimate of drug-likeness (QED) is 0.563. The van der Waals surface area contributed by atoms with E-state index in [-0.39, 0.29) is 0 Å². The topological polar surface area (TPSA) is 35.2 Å². The molecule has 6 heteroatoms. The zero-order valence-corrected chi connectivity index (χ0v) is 14.4. The van der Waals surface area contributed by atoms with Gasteiger partial charge in [0.2, 0.25) is 0 Å². The van der Waals surface area contributed by atoms with Crippen LogP contribution in [0.1, 0.15) is 12.5 Å². The van der Waals surface area contributed by atoms with Crippen LogP contribution in [0.15, 0.2) is 41.3 Å². The third kappa shape index (κ3) is 4.04. The predicted octanol–water partition coefficient (Wildman–Crippen LogP) is 5.53. The Labute approximate surface area is 143 Å². The average molecular weight is 358 g/mol.